The zero-order valence-electron chi connectivity index (χ0n) is 29.0. The van der Waals surface area contributed by atoms with Crippen LogP contribution in [-0.4, -0.2) is 121 Å². The van der Waals surface area contributed by atoms with Crippen molar-refractivity contribution in [3.8, 4) is 0 Å². The molecule has 21 nitrogen and oxygen atoms in total. The van der Waals surface area contributed by atoms with E-state index in [0.717, 1.165) is 6.42 Å². The Bertz CT molecular complexity index is 1350. The molecule has 288 valence electrons. The maximum absolute atomic E-state index is 12.9. The summed E-state index contributed by atoms with van der Waals surface area (Å²) >= 11 is 0. The Morgan fingerprint density at radius 1 is 0.615 bits per heavy atom. The van der Waals surface area contributed by atoms with E-state index >= 15 is 0 Å². The first kappa shape index (κ1) is 42.9. The Hall–Kier alpha value is -5.31. The van der Waals surface area contributed by atoms with Gasteiger partial charge in [-0.05, 0) is 31.6 Å². The van der Waals surface area contributed by atoms with Gasteiger partial charge in [0.05, 0.1) is 6.54 Å². The van der Waals surface area contributed by atoms with Crippen LogP contribution in [0.3, 0.4) is 0 Å². The molecule has 0 aromatic carbocycles. The number of nitrogens with one attached hydrogen (secondary N) is 4. The molecular weight excluding hydrogens is 696 g/mol. The number of hydrogen-bond acceptors (Lipinski definition) is 15. The SMILES string of the molecule is CC(C)CCCC(=O)NCC(=O)NC(=O)C(CCCCNC(=O)COCC(=O)ON1C(=O)CCC1=O)NC(=O)COCC(=O)ON1C(=O)CCC1=O. The van der Waals surface area contributed by atoms with Gasteiger partial charge >= 0.3 is 11.9 Å². The maximum atomic E-state index is 12.9. The lowest BCUT2D eigenvalue weighted by Crippen LogP contribution is -2.51. The number of hydrogen-bond donors (Lipinski definition) is 4. The van der Waals surface area contributed by atoms with E-state index in [1.165, 1.54) is 0 Å². The van der Waals surface area contributed by atoms with Crippen LogP contribution in [0.5, 0.6) is 0 Å². The number of unbranched alkanes of at least 4 members (excludes halogenated alkanes) is 1. The van der Waals surface area contributed by atoms with Crippen LogP contribution < -0.4 is 21.3 Å². The van der Waals surface area contributed by atoms with E-state index in [-0.39, 0.29) is 63.8 Å². The molecule has 0 aliphatic carbocycles. The predicted molar refractivity (Wildman–Crippen MR) is 170 cm³/mol. The lowest BCUT2D eigenvalue weighted by molar-refractivity contribution is -0.200. The van der Waals surface area contributed by atoms with Crippen LogP contribution in [-0.2, 0) is 71.9 Å². The second-order valence-corrected chi connectivity index (χ2v) is 12.0. The molecule has 1 atom stereocenters. The summed E-state index contributed by atoms with van der Waals surface area (Å²) in [4.78, 5) is 141. The average molecular weight is 741 g/mol. The largest absolute Gasteiger partial charge is 0.360 e. The molecule has 0 radical (unpaired) electrons. The van der Waals surface area contributed by atoms with Crippen molar-refractivity contribution in [2.75, 3.05) is 39.5 Å². The van der Waals surface area contributed by atoms with Crippen LogP contribution >= 0.6 is 0 Å². The minimum Gasteiger partial charge on any atom is -0.360 e. The van der Waals surface area contributed by atoms with E-state index in [2.05, 4.69) is 30.9 Å². The Morgan fingerprint density at radius 2 is 1.13 bits per heavy atom. The van der Waals surface area contributed by atoms with Gasteiger partial charge in [-0.1, -0.05) is 20.3 Å². The minimum atomic E-state index is -1.28. The van der Waals surface area contributed by atoms with E-state index in [4.69, 9.17) is 9.47 Å². The van der Waals surface area contributed by atoms with Gasteiger partial charge in [-0.2, -0.15) is 0 Å². The molecule has 0 aromatic rings. The predicted octanol–water partition coefficient (Wildman–Crippen LogP) is -2.41. The van der Waals surface area contributed by atoms with Crippen LogP contribution in [0, 0.1) is 5.92 Å². The third-order valence-electron chi connectivity index (χ3n) is 7.09. The van der Waals surface area contributed by atoms with E-state index < -0.39 is 98.2 Å². The third-order valence-corrected chi connectivity index (χ3v) is 7.09. The number of ether oxygens (including phenoxy) is 2. The molecule has 2 aliphatic rings. The van der Waals surface area contributed by atoms with Crippen molar-refractivity contribution in [3.05, 3.63) is 0 Å². The van der Waals surface area contributed by atoms with Gasteiger partial charge < -0.3 is 35.1 Å². The van der Waals surface area contributed by atoms with Crippen LogP contribution in [0.1, 0.15) is 78.1 Å². The van der Waals surface area contributed by atoms with Gasteiger partial charge in [0.25, 0.3) is 23.6 Å². The molecule has 21 heteroatoms. The molecule has 0 bridgehead atoms. The van der Waals surface area contributed by atoms with Crippen LogP contribution in [0.15, 0.2) is 0 Å². The van der Waals surface area contributed by atoms with E-state index in [1.807, 2.05) is 13.8 Å². The topological polar surface area (TPSA) is 279 Å². The molecule has 0 spiro atoms. The number of imide groups is 3. The number of nitrogens with zero attached hydrogens (tertiary/aromatic N) is 2. The molecular formula is C31H44N6O15. The molecule has 52 heavy (non-hydrogen) atoms. The Morgan fingerprint density at radius 3 is 1.65 bits per heavy atom. The smallest absolute Gasteiger partial charge is 0.358 e. The van der Waals surface area contributed by atoms with Gasteiger partial charge in [-0.15, -0.1) is 10.1 Å². The summed E-state index contributed by atoms with van der Waals surface area (Å²) in [6, 6.07) is -1.28. The second-order valence-electron chi connectivity index (χ2n) is 12.0. The summed E-state index contributed by atoms with van der Waals surface area (Å²) in [5.74, 6) is -8.09. The number of hydroxylamine groups is 4. The van der Waals surface area contributed by atoms with Gasteiger partial charge in [-0.25, -0.2) is 9.59 Å². The van der Waals surface area contributed by atoms with E-state index in [1.54, 1.807) is 0 Å². The number of carbonyl (C=O) groups is 11. The van der Waals surface area contributed by atoms with Crippen molar-refractivity contribution in [2.45, 2.75) is 84.1 Å². The highest BCUT2D eigenvalue weighted by molar-refractivity contribution is 6.02. The maximum Gasteiger partial charge on any atom is 0.358 e. The normalized spacial score (nSPS) is 14.7. The van der Waals surface area contributed by atoms with Crippen molar-refractivity contribution in [2.24, 2.45) is 5.92 Å². The Kier molecular flexibility index (Phi) is 18.5. The molecule has 2 fully saturated rings. The molecule has 4 N–H and O–H groups in total. The van der Waals surface area contributed by atoms with Crippen molar-refractivity contribution in [1.29, 1.82) is 0 Å². The summed E-state index contributed by atoms with van der Waals surface area (Å²) in [5, 5.41) is 10.1. The second kappa shape index (κ2) is 22.5. The minimum absolute atomic E-state index is 0.0280. The summed E-state index contributed by atoms with van der Waals surface area (Å²) in [7, 11) is 0. The molecule has 0 saturated carbocycles. The highest BCUT2D eigenvalue weighted by Crippen LogP contribution is 2.13. The summed E-state index contributed by atoms with van der Waals surface area (Å²) in [6.45, 7) is 0.820. The van der Waals surface area contributed by atoms with Crippen LogP contribution in [0.2, 0.25) is 0 Å². The van der Waals surface area contributed by atoms with E-state index in [9.17, 15) is 52.7 Å². The lowest BCUT2D eigenvalue weighted by Gasteiger charge is -2.18. The van der Waals surface area contributed by atoms with Crippen LogP contribution in [0.4, 0.5) is 0 Å². The van der Waals surface area contributed by atoms with Gasteiger partial charge in [-0.3, -0.25) is 48.5 Å². The van der Waals surface area contributed by atoms with Crippen molar-refractivity contribution < 1.29 is 71.9 Å². The highest BCUT2D eigenvalue weighted by atomic mass is 16.7. The standard InChI is InChI=1S/C31H44N6O15/c1-19(2)6-5-8-21(38)33-14-22(39)35-31(48)20(34-24(41)16-50-18-30(47)52-37-27(44)11-12-28(37)45)7-3-4-13-32-23(40)15-49-17-29(46)51-36-25(42)9-10-26(36)43/h19-20H,3-18H2,1-2H3,(H,32,40)(H,33,38)(H,34,41)(H,35,39,48). The quantitative estimate of drug-likeness (QED) is 0.0627. The molecule has 2 rings (SSSR count). The van der Waals surface area contributed by atoms with Crippen LogP contribution in [0.25, 0.3) is 0 Å². The summed E-state index contributed by atoms with van der Waals surface area (Å²) in [6.07, 6.45) is 1.75. The van der Waals surface area contributed by atoms with Gasteiger partial charge in [0.1, 0.15) is 32.5 Å². The zero-order chi connectivity index (χ0) is 38.6. The molecule has 2 aliphatic heterocycles. The van der Waals surface area contributed by atoms with Gasteiger partial charge in [0, 0.05) is 38.6 Å². The first-order chi connectivity index (χ1) is 24.7. The van der Waals surface area contributed by atoms with Crippen molar-refractivity contribution in [3.63, 3.8) is 0 Å². The number of amides is 9. The fourth-order valence-corrected chi connectivity index (χ4v) is 4.49. The fourth-order valence-electron chi connectivity index (χ4n) is 4.49. The number of carbonyl (C=O) groups excluding carboxylic acids is 11. The first-order valence-electron chi connectivity index (χ1n) is 16.6. The number of rotatable bonds is 23. The monoisotopic (exact) mass is 740 g/mol. The third kappa shape index (κ3) is 16.6. The Labute approximate surface area is 298 Å². The average Bonchev–Trinajstić information content (AvgIpc) is 3.56. The highest BCUT2D eigenvalue weighted by Gasteiger charge is 2.34. The summed E-state index contributed by atoms with van der Waals surface area (Å²) in [5.41, 5.74) is 0. The molecule has 1 unspecified atom stereocenters. The molecule has 2 saturated heterocycles. The van der Waals surface area contributed by atoms with Crippen molar-refractivity contribution >= 4 is 65.1 Å². The zero-order valence-corrected chi connectivity index (χ0v) is 29.0. The Balaban J connectivity index is 1.78. The molecule has 0 aromatic heterocycles. The fraction of sp³-hybridized carbons (Fsp3) is 0.645. The summed E-state index contributed by atoms with van der Waals surface area (Å²) < 4.78 is 9.90. The molecule has 2 heterocycles. The molecule has 9 amide bonds. The lowest BCUT2D eigenvalue weighted by atomic mass is 10.1. The van der Waals surface area contributed by atoms with Gasteiger partial charge in [0.2, 0.25) is 29.5 Å². The van der Waals surface area contributed by atoms with Crippen molar-refractivity contribution in [1.82, 2.24) is 31.4 Å². The first-order valence-corrected chi connectivity index (χ1v) is 16.6. The van der Waals surface area contributed by atoms with Gasteiger partial charge in [0.15, 0.2) is 0 Å². The van der Waals surface area contributed by atoms with E-state index in [0.29, 0.717) is 22.5 Å².